The molecule has 0 saturated heterocycles. The Balaban J connectivity index is 2.43. The van der Waals surface area contributed by atoms with Gasteiger partial charge >= 0.3 is 10.1 Å². The molecular formula is C11H9N3O4S2. The molecular weight excluding hydrogens is 302 g/mol. The summed E-state index contributed by atoms with van der Waals surface area (Å²) in [5.74, 6) is 0.663. The first-order chi connectivity index (χ1) is 9.43. The van der Waals surface area contributed by atoms with E-state index in [1.807, 2.05) is 0 Å². The topological polar surface area (TPSA) is 102 Å². The van der Waals surface area contributed by atoms with Crippen LogP contribution in [0.25, 0.3) is 10.2 Å². The van der Waals surface area contributed by atoms with Crippen molar-refractivity contribution >= 4 is 37.4 Å². The third-order valence-electron chi connectivity index (χ3n) is 2.17. The SMILES string of the molecule is COc1ccc2nc(/C(C#N)=N/OS(C)(=O)=O)sc2c1. The number of fused-ring (bicyclic) bond motifs is 1. The van der Waals surface area contributed by atoms with Crippen molar-refractivity contribution in [2.24, 2.45) is 5.16 Å². The van der Waals surface area contributed by atoms with Crippen molar-refractivity contribution in [2.45, 2.75) is 0 Å². The Morgan fingerprint density at radius 2 is 2.25 bits per heavy atom. The van der Waals surface area contributed by atoms with Gasteiger partial charge < -0.3 is 4.74 Å². The second-order valence-electron chi connectivity index (χ2n) is 3.68. The lowest BCUT2D eigenvalue weighted by atomic mass is 10.3. The molecule has 0 aliphatic rings. The second-order valence-corrected chi connectivity index (χ2v) is 6.27. The van der Waals surface area contributed by atoms with Crippen LogP contribution in [0.3, 0.4) is 0 Å². The van der Waals surface area contributed by atoms with E-state index in [4.69, 9.17) is 10.00 Å². The molecule has 7 nitrogen and oxygen atoms in total. The van der Waals surface area contributed by atoms with Crippen LogP contribution in [0.5, 0.6) is 5.75 Å². The average Bonchev–Trinajstić information content (AvgIpc) is 2.80. The number of methoxy groups -OCH3 is 1. The lowest BCUT2D eigenvalue weighted by molar-refractivity contribution is 0.344. The highest BCUT2D eigenvalue weighted by Crippen LogP contribution is 2.26. The van der Waals surface area contributed by atoms with E-state index in [1.165, 1.54) is 11.3 Å². The molecule has 20 heavy (non-hydrogen) atoms. The van der Waals surface area contributed by atoms with Crippen molar-refractivity contribution < 1.29 is 17.4 Å². The van der Waals surface area contributed by atoms with Gasteiger partial charge in [-0.25, -0.2) is 4.98 Å². The van der Waals surface area contributed by atoms with E-state index in [-0.39, 0.29) is 10.7 Å². The quantitative estimate of drug-likeness (QED) is 0.626. The zero-order valence-corrected chi connectivity index (χ0v) is 12.2. The van der Waals surface area contributed by atoms with E-state index in [0.717, 1.165) is 11.0 Å². The van der Waals surface area contributed by atoms with Gasteiger partial charge in [-0.1, -0.05) is 5.16 Å². The highest BCUT2D eigenvalue weighted by atomic mass is 32.2. The van der Waals surface area contributed by atoms with Crippen molar-refractivity contribution in [3.05, 3.63) is 23.2 Å². The fourth-order valence-electron chi connectivity index (χ4n) is 1.35. The van der Waals surface area contributed by atoms with Crippen molar-refractivity contribution in [3.63, 3.8) is 0 Å². The summed E-state index contributed by atoms with van der Waals surface area (Å²) in [5.41, 5.74) is 0.462. The summed E-state index contributed by atoms with van der Waals surface area (Å²) in [6, 6.07) is 7.00. The molecule has 0 fully saturated rings. The summed E-state index contributed by atoms with van der Waals surface area (Å²) in [5, 5.41) is 12.6. The second kappa shape index (κ2) is 5.44. The fourth-order valence-corrected chi connectivity index (χ4v) is 2.48. The van der Waals surface area contributed by atoms with E-state index in [1.54, 1.807) is 31.4 Å². The predicted molar refractivity (Wildman–Crippen MR) is 74.3 cm³/mol. The Kier molecular flexibility index (Phi) is 3.87. The maximum absolute atomic E-state index is 10.9. The highest BCUT2D eigenvalue weighted by Gasteiger charge is 2.13. The smallest absolute Gasteiger partial charge is 0.325 e. The molecule has 0 radical (unpaired) electrons. The lowest BCUT2D eigenvalue weighted by Gasteiger charge is -1.96. The molecule has 2 rings (SSSR count). The molecule has 0 aliphatic heterocycles. The molecule has 0 amide bonds. The van der Waals surface area contributed by atoms with Crippen molar-refractivity contribution in [3.8, 4) is 11.8 Å². The van der Waals surface area contributed by atoms with Gasteiger partial charge in [0.1, 0.15) is 11.8 Å². The molecule has 0 N–H and O–H groups in total. The Morgan fingerprint density at radius 3 is 2.85 bits per heavy atom. The first kappa shape index (κ1) is 14.2. The molecule has 2 aromatic rings. The summed E-state index contributed by atoms with van der Waals surface area (Å²) in [7, 11) is -2.21. The molecule has 1 aromatic carbocycles. The number of nitrogens with zero attached hydrogens (tertiary/aromatic N) is 3. The number of ether oxygens (including phenoxy) is 1. The van der Waals surface area contributed by atoms with E-state index in [9.17, 15) is 8.42 Å². The molecule has 1 heterocycles. The van der Waals surface area contributed by atoms with Gasteiger partial charge in [0, 0.05) is 0 Å². The minimum atomic E-state index is -3.76. The van der Waals surface area contributed by atoms with Gasteiger partial charge in [-0.05, 0) is 18.2 Å². The van der Waals surface area contributed by atoms with Gasteiger partial charge in [0.15, 0.2) is 5.01 Å². The maximum Gasteiger partial charge on any atom is 0.325 e. The van der Waals surface area contributed by atoms with E-state index < -0.39 is 10.1 Å². The fraction of sp³-hybridized carbons (Fsp3) is 0.182. The lowest BCUT2D eigenvalue weighted by Crippen LogP contribution is -2.02. The summed E-state index contributed by atoms with van der Waals surface area (Å²) in [4.78, 5) is 4.19. The number of hydrogen-bond acceptors (Lipinski definition) is 8. The standard InChI is InChI=1S/C11H9N3O4S2/c1-17-7-3-4-8-10(5-7)19-11(13-8)9(6-12)14-18-20(2,15)16/h3-5H,1-2H3/b14-9+. The summed E-state index contributed by atoms with van der Waals surface area (Å²) in [6.45, 7) is 0. The summed E-state index contributed by atoms with van der Waals surface area (Å²) in [6.07, 6.45) is 0.842. The van der Waals surface area contributed by atoms with E-state index in [2.05, 4.69) is 14.4 Å². The highest BCUT2D eigenvalue weighted by molar-refractivity contribution is 7.85. The van der Waals surface area contributed by atoms with Gasteiger partial charge in [0.2, 0.25) is 5.71 Å². The number of oxime groups is 1. The van der Waals surface area contributed by atoms with Gasteiger partial charge in [0.05, 0.1) is 23.6 Å². The van der Waals surface area contributed by atoms with Crippen molar-refractivity contribution in [2.75, 3.05) is 13.4 Å². The third kappa shape index (κ3) is 3.23. The van der Waals surface area contributed by atoms with Crippen LogP contribution in [0.4, 0.5) is 0 Å². The monoisotopic (exact) mass is 311 g/mol. The first-order valence-electron chi connectivity index (χ1n) is 5.24. The number of benzene rings is 1. The van der Waals surface area contributed by atoms with Gasteiger partial charge in [-0.15, -0.1) is 11.3 Å². The van der Waals surface area contributed by atoms with Crippen LogP contribution in [0.1, 0.15) is 5.01 Å². The van der Waals surface area contributed by atoms with Crippen LogP contribution in [0, 0.1) is 11.3 Å². The Bertz CT molecular complexity index is 818. The van der Waals surface area contributed by atoms with Crippen LogP contribution in [-0.4, -0.2) is 32.5 Å². The molecule has 0 aliphatic carbocycles. The normalized spacial score (nSPS) is 12.2. The minimum Gasteiger partial charge on any atom is -0.497 e. The number of hydrogen-bond donors (Lipinski definition) is 0. The van der Waals surface area contributed by atoms with Crippen LogP contribution in [0.15, 0.2) is 23.4 Å². The Labute approximate surface area is 119 Å². The number of nitriles is 1. The molecule has 104 valence electrons. The molecule has 0 atom stereocenters. The Morgan fingerprint density at radius 1 is 1.50 bits per heavy atom. The van der Waals surface area contributed by atoms with E-state index in [0.29, 0.717) is 11.3 Å². The van der Waals surface area contributed by atoms with Gasteiger partial charge in [-0.3, -0.25) is 4.28 Å². The predicted octanol–water partition coefficient (Wildman–Crippen LogP) is 1.51. The molecule has 1 aromatic heterocycles. The van der Waals surface area contributed by atoms with Crippen molar-refractivity contribution in [1.82, 2.24) is 4.98 Å². The first-order valence-corrected chi connectivity index (χ1v) is 7.88. The van der Waals surface area contributed by atoms with Gasteiger partial charge in [-0.2, -0.15) is 13.7 Å². The molecule has 0 saturated carbocycles. The van der Waals surface area contributed by atoms with Crippen LogP contribution < -0.4 is 4.74 Å². The maximum atomic E-state index is 10.9. The minimum absolute atomic E-state index is 0.199. The largest absolute Gasteiger partial charge is 0.497 e. The van der Waals surface area contributed by atoms with Crippen molar-refractivity contribution in [1.29, 1.82) is 5.26 Å². The molecule has 9 heteroatoms. The number of aromatic nitrogens is 1. The van der Waals surface area contributed by atoms with Gasteiger partial charge in [0.25, 0.3) is 0 Å². The Hall–Kier alpha value is -2.18. The zero-order valence-electron chi connectivity index (χ0n) is 10.5. The molecule has 0 bridgehead atoms. The summed E-state index contributed by atoms with van der Waals surface area (Å²) < 4.78 is 31.9. The van der Waals surface area contributed by atoms with Crippen LogP contribution in [0.2, 0.25) is 0 Å². The third-order valence-corrected chi connectivity index (χ3v) is 3.54. The molecule has 0 spiro atoms. The number of thiazole rings is 1. The average molecular weight is 311 g/mol. The van der Waals surface area contributed by atoms with Crippen LogP contribution >= 0.6 is 11.3 Å². The van der Waals surface area contributed by atoms with Crippen LogP contribution in [-0.2, 0) is 14.4 Å². The molecule has 0 unspecified atom stereocenters. The van der Waals surface area contributed by atoms with E-state index >= 15 is 0 Å². The summed E-state index contributed by atoms with van der Waals surface area (Å²) >= 11 is 1.19. The zero-order chi connectivity index (χ0) is 14.8. The number of rotatable bonds is 4.